The van der Waals surface area contributed by atoms with E-state index in [-0.39, 0.29) is 6.61 Å². The van der Waals surface area contributed by atoms with Crippen molar-refractivity contribution in [3.63, 3.8) is 0 Å². The van der Waals surface area contributed by atoms with Gasteiger partial charge in [-0.2, -0.15) is 4.99 Å². The topological polar surface area (TPSA) is 115 Å². The maximum Gasteiger partial charge on any atom is 0.338 e. The number of hydrogen-bond donors (Lipinski definition) is 0. The fourth-order valence-corrected chi connectivity index (χ4v) is 5.56. The van der Waals surface area contributed by atoms with Crippen molar-refractivity contribution in [2.45, 2.75) is 26.2 Å². The number of ether oxygens (including phenoxy) is 1. The first-order chi connectivity index (χ1) is 14.7. The van der Waals surface area contributed by atoms with Gasteiger partial charge in [-0.15, -0.1) is 0 Å². The van der Waals surface area contributed by atoms with E-state index in [9.17, 15) is 22.8 Å². The lowest BCUT2D eigenvalue weighted by molar-refractivity contribution is -0.129. The number of piperidine rings is 1. The lowest BCUT2D eigenvalue weighted by Crippen LogP contribution is -2.40. The van der Waals surface area contributed by atoms with Gasteiger partial charge < -0.3 is 14.2 Å². The number of aryl methyl sites for hydroxylation is 1. The van der Waals surface area contributed by atoms with Crippen molar-refractivity contribution in [3.8, 4) is 0 Å². The predicted octanol–water partition coefficient (Wildman–Crippen LogP) is 1.27. The van der Waals surface area contributed by atoms with Gasteiger partial charge >= 0.3 is 5.97 Å². The van der Waals surface area contributed by atoms with Crippen molar-refractivity contribution in [1.82, 2.24) is 9.47 Å². The minimum absolute atomic E-state index is 0.263. The van der Waals surface area contributed by atoms with Crippen LogP contribution in [-0.2, 0) is 31.2 Å². The molecule has 0 aliphatic carbocycles. The summed E-state index contributed by atoms with van der Waals surface area (Å²) in [6.45, 7) is 3.09. The molecular formula is C20H25N3O6S2. The number of fused-ring (bicyclic) bond motifs is 1. The lowest BCUT2D eigenvalue weighted by Gasteiger charge is -2.26. The zero-order valence-corrected chi connectivity index (χ0v) is 19.1. The van der Waals surface area contributed by atoms with Crippen molar-refractivity contribution in [3.05, 3.63) is 28.6 Å². The number of esters is 1. The van der Waals surface area contributed by atoms with Gasteiger partial charge in [0.1, 0.15) is 11.5 Å². The smallest absolute Gasteiger partial charge is 0.338 e. The highest BCUT2D eigenvalue weighted by molar-refractivity contribution is 7.92. The fraction of sp³-hybridized carbons (Fsp3) is 0.500. The molecule has 9 nitrogen and oxygen atoms in total. The molecule has 2 heterocycles. The van der Waals surface area contributed by atoms with Crippen molar-refractivity contribution < 1.29 is 27.5 Å². The van der Waals surface area contributed by atoms with Gasteiger partial charge in [0.25, 0.3) is 5.91 Å². The molecule has 0 radical (unpaired) electrons. The van der Waals surface area contributed by atoms with Crippen LogP contribution in [0, 0.1) is 0 Å². The number of aromatic nitrogens is 1. The van der Waals surface area contributed by atoms with E-state index in [4.69, 9.17) is 4.74 Å². The Morgan fingerprint density at radius 1 is 1.13 bits per heavy atom. The van der Waals surface area contributed by atoms with Crippen LogP contribution in [0.1, 0.15) is 36.5 Å². The summed E-state index contributed by atoms with van der Waals surface area (Å²) in [5.74, 6) is -3.25. The average molecular weight is 468 g/mol. The molecule has 31 heavy (non-hydrogen) atoms. The molecule has 2 aromatic rings. The van der Waals surface area contributed by atoms with Crippen LogP contribution in [0.15, 0.2) is 23.2 Å². The Bertz CT molecular complexity index is 1170. The molecule has 0 saturated carbocycles. The molecule has 1 aliphatic heterocycles. The van der Waals surface area contributed by atoms with Gasteiger partial charge in [0, 0.05) is 20.1 Å². The van der Waals surface area contributed by atoms with Crippen LogP contribution < -0.4 is 4.80 Å². The van der Waals surface area contributed by atoms with E-state index in [0.29, 0.717) is 28.2 Å². The summed E-state index contributed by atoms with van der Waals surface area (Å²) >= 11 is 1.16. The molecule has 1 aromatic carbocycles. The number of carbonyl (C=O) groups excluding carboxylic acids is 3. The summed E-state index contributed by atoms with van der Waals surface area (Å²) in [6, 6.07) is 4.99. The van der Waals surface area contributed by atoms with Crippen LogP contribution in [0.25, 0.3) is 10.2 Å². The molecular weight excluding hydrogens is 442 g/mol. The Kier molecular flexibility index (Phi) is 7.26. The van der Waals surface area contributed by atoms with Crippen molar-refractivity contribution in [2.24, 2.45) is 12.0 Å². The predicted molar refractivity (Wildman–Crippen MR) is 116 cm³/mol. The SMILES string of the molecule is CCOC(=O)c1ccc2c(c1)sc(=NC(=O)CS(=O)(=O)CC(=O)N1CCCCC1)n2C. The number of sulfone groups is 1. The first-order valence-corrected chi connectivity index (χ1v) is 12.7. The van der Waals surface area contributed by atoms with E-state index in [0.717, 1.165) is 36.1 Å². The number of rotatable bonds is 6. The molecule has 2 amide bonds. The van der Waals surface area contributed by atoms with Crippen molar-refractivity contribution in [2.75, 3.05) is 31.2 Å². The highest BCUT2D eigenvalue weighted by Crippen LogP contribution is 2.19. The molecule has 1 aliphatic rings. The Labute approximate surface area is 184 Å². The number of carbonyl (C=O) groups is 3. The molecule has 1 aromatic heterocycles. The van der Waals surface area contributed by atoms with Crippen LogP contribution in [0.2, 0.25) is 0 Å². The average Bonchev–Trinajstić information content (AvgIpc) is 3.02. The van der Waals surface area contributed by atoms with E-state index < -0.39 is 39.1 Å². The van der Waals surface area contributed by atoms with Crippen LogP contribution >= 0.6 is 11.3 Å². The minimum atomic E-state index is -3.92. The molecule has 3 rings (SSSR count). The number of amides is 2. The molecule has 0 atom stereocenters. The van der Waals surface area contributed by atoms with Gasteiger partial charge in [-0.3, -0.25) is 9.59 Å². The zero-order valence-electron chi connectivity index (χ0n) is 17.5. The zero-order chi connectivity index (χ0) is 22.6. The van der Waals surface area contributed by atoms with E-state index in [1.165, 1.54) is 4.90 Å². The molecule has 0 spiro atoms. The van der Waals surface area contributed by atoms with E-state index in [1.807, 2.05) is 0 Å². The summed E-state index contributed by atoms with van der Waals surface area (Å²) in [5, 5.41) is 0. The lowest BCUT2D eigenvalue weighted by atomic mass is 10.1. The highest BCUT2D eigenvalue weighted by Gasteiger charge is 2.25. The minimum Gasteiger partial charge on any atom is -0.462 e. The quantitative estimate of drug-likeness (QED) is 0.591. The normalized spacial score (nSPS) is 15.3. The van der Waals surface area contributed by atoms with Gasteiger partial charge in [-0.25, -0.2) is 13.2 Å². The number of likely N-dealkylation sites (tertiary alicyclic amines) is 1. The maximum atomic E-state index is 12.3. The van der Waals surface area contributed by atoms with Gasteiger partial charge in [0.2, 0.25) is 5.91 Å². The number of hydrogen-bond acceptors (Lipinski definition) is 7. The summed E-state index contributed by atoms with van der Waals surface area (Å²) in [5.41, 5.74) is 1.13. The third-order valence-electron chi connectivity index (χ3n) is 4.94. The molecule has 0 N–H and O–H groups in total. The number of benzene rings is 1. The van der Waals surface area contributed by atoms with Gasteiger partial charge in [0.15, 0.2) is 14.6 Å². The van der Waals surface area contributed by atoms with E-state index in [1.54, 1.807) is 36.7 Å². The summed E-state index contributed by atoms with van der Waals surface area (Å²) < 4.78 is 32.0. The largest absolute Gasteiger partial charge is 0.462 e. The van der Waals surface area contributed by atoms with Crippen LogP contribution in [0.4, 0.5) is 0 Å². The Hall–Kier alpha value is -2.53. The van der Waals surface area contributed by atoms with Gasteiger partial charge in [0.05, 0.1) is 22.4 Å². The van der Waals surface area contributed by atoms with Crippen LogP contribution in [0.3, 0.4) is 0 Å². The monoisotopic (exact) mass is 467 g/mol. The standard InChI is InChI=1S/C20H25N3O6S2/c1-3-29-19(26)14-7-8-15-16(11-14)30-20(22(15)2)21-17(24)12-31(27,28)13-18(25)23-9-5-4-6-10-23/h7-8,11H,3-6,9-10,12-13H2,1-2H3. The second-order valence-electron chi connectivity index (χ2n) is 7.33. The van der Waals surface area contributed by atoms with Crippen LogP contribution in [-0.4, -0.2) is 66.9 Å². The van der Waals surface area contributed by atoms with Gasteiger partial charge in [-0.05, 0) is 44.4 Å². The third kappa shape index (κ3) is 5.79. The van der Waals surface area contributed by atoms with Crippen LogP contribution in [0.5, 0.6) is 0 Å². The van der Waals surface area contributed by atoms with E-state index >= 15 is 0 Å². The molecule has 11 heteroatoms. The maximum absolute atomic E-state index is 12.3. The summed E-state index contributed by atoms with van der Waals surface area (Å²) in [7, 11) is -2.22. The highest BCUT2D eigenvalue weighted by atomic mass is 32.2. The van der Waals surface area contributed by atoms with Crippen molar-refractivity contribution >= 4 is 49.2 Å². The summed E-state index contributed by atoms with van der Waals surface area (Å²) in [4.78, 5) is 42.2. The second kappa shape index (κ2) is 9.73. The molecule has 168 valence electrons. The Morgan fingerprint density at radius 3 is 2.52 bits per heavy atom. The second-order valence-corrected chi connectivity index (χ2v) is 10.4. The van der Waals surface area contributed by atoms with Gasteiger partial charge in [-0.1, -0.05) is 11.3 Å². The number of nitrogens with zero attached hydrogens (tertiary/aromatic N) is 3. The van der Waals surface area contributed by atoms with E-state index in [2.05, 4.69) is 4.99 Å². The van der Waals surface area contributed by atoms with Crippen molar-refractivity contribution in [1.29, 1.82) is 0 Å². The Balaban J connectivity index is 1.75. The Morgan fingerprint density at radius 2 is 1.84 bits per heavy atom. The molecule has 0 bridgehead atoms. The third-order valence-corrected chi connectivity index (χ3v) is 7.40. The molecule has 1 saturated heterocycles. The molecule has 0 unspecified atom stereocenters. The molecule has 1 fully saturated rings. The number of thiazole rings is 1. The first kappa shape index (κ1) is 23.1. The first-order valence-electron chi connectivity index (χ1n) is 10.0. The summed E-state index contributed by atoms with van der Waals surface area (Å²) in [6.07, 6.45) is 2.75. The fourth-order valence-electron chi connectivity index (χ4n) is 3.38.